The van der Waals surface area contributed by atoms with Crippen molar-refractivity contribution in [2.45, 2.75) is 49.3 Å². The second-order valence-corrected chi connectivity index (χ2v) is 5.11. The fourth-order valence-corrected chi connectivity index (χ4v) is 2.51. The van der Waals surface area contributed by atoms with Crippen LogP contribution in [0.2, 0.25) is 0 Å². The molecule has 1 aliphatic heterocycles. The molecule has 0 N–H and O–H groups in total. The van der Waals surface area contributed by atoms with Crippen molar-refractivity contribution < 1.29 is 9.47 Å². The van der Waals surface area contributed by atoms with Gasteiger partial charge in [-0.05, 0) is 32.1 Å². The average Bonchev–Trinajstić information content (AvgIpc) is 2.23. The lowest BCUT2D eigenvalue weighted by molar-refractivity contribution is -0.175. The van der Waals surface area contributed by atoms with E-state index in [0.29, 0.717) is 4.83 Å². The van der Waals surface area contributed by atoms with Gasteiger partial charge < -0.3 is 9.47 Å². The number of hydrogen-bond acceptors (Lipinski definition) is 2. The molecule has 0 saturated carbocycles. The molecule has 2 rings (SSSR count). The summed E-state index contributed by atoms with van der Waals surface area (Å²) in [5, 5.41) is 0. The quantitative estimate of drug-likeness (QED) is 0.562. The summed E-state index contributed by atoms with van der Waals surface area (Å²) in [5.74, 6) is 0. The second kappa shape index (κ2) is 5.29. The number of hydrogen-bond donors (Lipinski definition) is 0. The molecule has 1 saturated heterocycles. The van der Waals surface area contributed by atoms with Crippen LogP contribution in [0.3, 0.4) is 0 Å². The highest BCUT2D eigenvalue weighted by atomic mass is 79.9. The molecule has 80 valence electrons. The summed E-state index contributed by atoms with van der Waals surface area (Å²) in [4.78, 5) is 0.367. The van der Waals surface area contributed by atoms with Crippen LogP contribution in [0, 0.1) is 0 Å². The van der Waals surface area contributed by atoms with Crippen molar-refractivity contribution in [3.8, 4) is 0 Å². The maximum Gasteiger partial charge on any atom is 0.170 e. The first-order valence-corrected chi connectivity index (χ1v) is 6.35. The Kier molecular flexibility index (Phi) is 4.02. The first kappa shape index (κ1) is 10.7. The molecule has 0 spiro atoms. The Bertz CT molecular complexity index is 205. The lowest BCUT2D eigenvalue weighted by atomic mass is 10.1. The minimum absolute atomic E-state index is 0.0449. The van der Waals surface area contributed by atoms with Crippen molar-refractivity contribution in [2.75, 3.05) is 6.61 Å². The molecule has 0 aromatic carbocycles. The maximum atomic E-state index is 5.89. The summed E-state index contributed by atoms with van der Waals surface area (Å²) in [6.45, 7) is 0.837. The fourth-order valence-electron chi connectivity index (χ4n) is 1.91. The van der Waals surface area contributed by atoms with Gasteiger partial charge in [0.1, 0.15) is 0 Å². The zero-order valence-corrected chi connectivity index (χ0v) is 9.91. The molecule has 3 heteroatoms. The molecule has 0 radical (unpaired) electrons. The molecule has 3 atom stereocenters. The Hall–Kier alpha value is 0.140. The van der Waals surface area contributed by atoms with Crippen LogP contribution in [-0.4, -0.2) is 23.8 Å². The van der Waals surface area contributed by atoms with E-state index in [4.69, 9.17) is 9.47 Å². The van der Waals surface area contributed by atoms with Crippen molar-refractivity contribution in [2.24, 2.45) is 0 Å². The van der Waals surface area contributed by atoms with Gasteiger partial charge in [0.05, 0.1) is 10.9 Å². The number of rotatable bonds is 2. The van der Waals surface area contributed by atoms with Crippen molar-refractivity contribution in [3.63, 3.8) is 0 Å². The van der Waals surface area contributed by atoms with Crippen LogP contribution in [0.4, 0.5) is 0 Å². The van der Waals surface area contributed by atoms with E-state index in [0.717, 1.165) is 25.9 Å². The third-order valence-corrected chi connectivity index (χ3v) is 3.61. The first-order valence-electron chi connectivity index (χ1n) is 5.44. The summed E-state index contributed by atoms with van der Waals surface area (Å²) in [5.41, 5.74) is 0. The largest absolute Gasteiger partial charge is 0.351 e. The molecule has 0 amide bonds. The third-order valence-electron chi connectivity index (χ3n) is 2.72. The Morgan fingerprint density at radius 1 is 1.29 bits per heavy atom. The van der Waals surface area contributed by atoms with Crippen LogP contribution in [0.5, 0.6) is 0 Å². The summed E-state index contributed by atoms with van der Waals surface area (Å²) >= 11 is 3.61. The van der Waals surface area contributed by atoms with Crippen LogP contribution in [0.25, 0.3) is 0 Å². The molecule has 1 fully saturated rings. The van der Waals surface area contributed by atoms with Crippen molar-refractivity contribution in [1.82, 2.24) is 0 Å². The van der Waals surface area contributed by atoms with Gasteiger partial charge in [-0.15, -0.1) is 0 Å². The van der Waals surface area contributed by atoms with Gasteiger partial charge in [0.15, 0.2) is 6.29 Å². The van der Waals surface area contributed by atoms with Crippen LogP contribution in [-0.2, 0) is 9.47 Å². The summed E-state index contributed by atoms with van der Waals surface area (Å²) in [7, 11) is 0. The van der Waals surface area contributed by atoms with E-state index in [9.17, 15) is 0 Å². The van der Waals surface area contributed by atoms with E-state index in [2.05, 4.69) is 28.1 Å². The minimum atomic E-state index is -0.0449. The van der Waals surface area contributed by atoms with E-state index in [-0.39, 0.29) is 12.4 Å². The lowest BCUT2D eigenvalue weighted by Crippen LogP contribution is -2.35. The Labute approximate surface area is 93.8 Å². The normalized spacial score (nSPS) is 38.5. The second-order valence-electron chi connectivity index (χ2n) is 3.93. The molecule has 0 aromatic heterocycles. The SMILES string of the molecule is BrC1CCCO[C@@H]1OC1C=CCCC1. The standard InChI is InChI=1S/C11H17BrO2/c12-10-7-4-8-13-11(10)14-9-5-2-1-3-6-9/h2,5,9-11H,1,3-4,6-8H2/t9?,10?,11-/m1/s1. The average molecular weight is 261 g/mol. The highest BCUT2D eigenvalue weighted by Crippen LogP contribution is 2.25. The predicted molar refractivity (Wildman–Crippen MR) is 59.6 cm³/mol. The Morgan fingerprint density at radius 2 is 2.21 bits per heavy atom. The van der Waals surface area contributed by atoms with Crippen LogP contribution in [0.15, 0.2) is 12.2 Å². The van der Waals surface area contributed by atoms with Crippen molar-refractivity contribution >= 4 is 15.9 Å². The Morgan fingerprint density at radius 3 is 2.93 bits per heavy atom. The summed E-state index contributed by atoms with van der Waals surface area (Å²) in [6.07, 6.45) is 10.5. The van der Waals surface area contributed by atoms with Gasteiger partial charge in [-0.25, -0.2) is 0 Å². The topological polar surface area (TPSA) is 18.5 Å². The van der Waals surface area contributed by atoms with Gasteiger partial charge in [0.25, 0.3) is 0 Å². The molecule has 1 aliphatic carbocycles. The van der Waals surface area contributed by atoms with E-state index >= 15 is 0 Å². The predicted octanol–water partition coefficient (Wildman–Crippen LogP) is 3.01. The summed E-state index contributed by atoms with van der Waals surface area (Å²) < 4.78 is 11.5. The molecule has 2 aliphatic rings. The fraction of sp³-hybridized carbons (Fsp3) is 0.818. The van der Waals surface area contributed by atoms with Crippen molar-refractivity contribution in [3.05, 3.63) is 12.2 Å². The van der Waals surface area contributed by atoms with Gasteiger partial charge in [0.2, 0.25) is 0 Å². The molecule has 14 heavy (non-hydrogen) atoms. The molecule has 2 nitrogen and oxygen atoms in total. The molecule has 1 heterocycles. The molecule has 0 bridgehead atoms. The molecular weight excluding hydrogens is 244 g/mol. The van der Waals surface area contributed by atoms with E-state index < -0.39 is 0 Å². The monoisotopic (exact) mass is 260 g/mol. The lowest BCUT2D eigenvalue weighted by Gasteiger charge is -2.31. The van der Waals surface area contributed by atoms with E-state index in [1.165, 1.54) is 12.8 Å². The third kappa shape index (κ3) is 2.81. The van der Waals surface area contributed by atoms with Gasteiger partial charge in [-0.1, -0.05) is 28.1 Å². The zero-order valence-electron chi connectivity index (χ0n) is 8.32. The minimum Gasteiger partial charge on any atom is -0.351 e. The van der Waals surface area contributed by atoms with Gasteiger partial charge in [-0.2, -0.15) is 0 Å². The van der Waals surface area contributed by atoms with Crippen LogP contribution >= 0.6 is 15.9 Å². The Balaban J connectivity index is 1.82. The van der Waals surface area contributed by atoms with Gasteiger partial charge >= 0.3 is 0 Å². The zero-order chi connectivity index (χ0) is 9.80. The van der Waals surface area contributed by atoms with E-state index in [1.807, 2.05) is 0 Å². The number of halogens is 1. The van der Waals surface area contributed by atoms with E-state index in [1.54, 1.807) is 0 Å². The number of allylic oxidation sites excluding steroid dienone is 1. The smallest absolute Gasteiger partial charge is 0.170 e. The number of alkyl halides is 1. The van der Waals surface area contributed by atoms with Crippen LogP contribution < -0.4 is 0 Å². The highest BCUT2D eigenvalue weighted by molar-refractivity contribution is 9.09. The summed E-state index contributed by atoms with van der Waals surface area (Å²) in [6, 6.07) is 0. The van der Waals surface area contributed by atoms with Crippen molar-refractivity contribution in [1.29, 1.82) is 0 Å². The van der Waals surface area contributed by atoms with Crippen LogP contribution in [0.1, 0.15) is 32.1 Å². The van der Waals surface area contributed by atoms with Gasteiger partial charge in [0, 0.05) is 6.61 Å². The van der Waals surface area contributed by atoms with Gasteiger partial charge in [-0.3, -0.25) is 0 Å². The molecular formula is C11H17BrO2. The molecule has 2 unspecified atom stereocenters. The first-order chi connectivity index (χ1) is 6.86. The number of ether oxygens (including phenoxy) is 2. The maximum absolute atomic E-state index is 5.89. The molecule has 0 aromatic rings. The highest BCUT2D eigenvalue weighted by Gasteiger charge is 2.26.